The molecule has 3 N–H and O–H groups in total. The fourth-order valence-corrected chi connectivity index (χ4v) is 10.0. The van der Waals surface area contributed by atoms with Crippen molar-refractivity contribution in [2.24, 2.45) is 52.8 Å². The van der Waals surface area contributed by atoms with Gasteiger partial charge in [0.25, 0.3) is 0 Å². The van der Waals surface area contributed by atoms with Gasteiger partial charge in [0.2, 0.25) is 17.7 Å². The summed E-state index contributed by atoms with van der Waals surface area (Å²) >= 11 is 0. The molecule has 0 aromatic heterocycles. The van der Waals surface area contributed by atoms with Crippen molar-refractivity contribution in [3.05, 3.63) is 0 Å². The van der Waals surface area contributed by atoms with E-state index in [4.69, 9.17) is 0 Å². The largest absolute Gasteiger partial charge is 0.471 e. The molecule has 9 nitrogen and oxygen atoms in total. The van der Waals surface area contributed by atoms with Gasteiger partial charge in [-0.25, -0.2) is 0 Å². The lowest BCUT2D eigenvalue weighted by atomic mass is 9.53. The molecule has 2 heterocycles. The third kappa shape index (κ3) is 5.68. The first kappa shape index (κ1) is 31.2. The van der Waals surface area contributed by atoms with E-state index in [9.17, 15) is 37.6 Å². The molecule has 6 rings (SSSR count). The number of nitrogens with zero attached hydrogens (tertiary/aromatic N) is 2. The van der Waals surface area contributed by atoms with E-state index < -0.39 is 53.9 Å². The monoisotopic (exact) mass is 619 g/mol. The van der Waals surface area contributed by atoms with Gasteiger partial charge in [0.05, 0.1) is 6.07 Å². The first-order valence-corrected chi connectivity index (χ1v) is 16.5. The topological polar surface area (TPSA) is 131 Å². The van der Waals surface area contributed by atoms with E-state index in [1.807, 2.05) is 13.8 Å². The lowest BCUT2D eigenvalue weighted by Crippen LogP contribution is -2.62. The second-order valence-corrected chi connectivity index (χ2v) is 15.1. The minimum atomic E-state index is -5.14. The molecule has 0 spiro atoms. The molecule has 4 saturated carbocycles. The molecule has 4 amide bonds. The molecule has 2 aliphatic heterocycles. The molecule has 6 fully saturated rings. The lowest BCUT2D eigenvalue weighted by molar-refractivity contribution is -0.176. The second-order valence-electron chi connectivity index (χ2n) is 15.1. The Balaban J connectivity index is 1.24. The number of amides is 4. The Hall–Kier alpha value is -2.84. The molecule has 2 saturated heterocycles. The van der Waals surface area contributed by atoms with Gasteiger partial charge >= 0.3 is 12.1 Å². The zero-order chi connectivity index (χ0) is 31.6. The van der Waals surface area contributed by atoms with Crippen LogP contribution in [0.2, 0.25) is 0 Å². The highest BCUT2D eigenvalue weighted by molar-refractivity contribution is 5.94. The molecule has 242 valence electrons. The summed E-state index contributed by atoms with van der Waals surface area (Å²) in [7, 11) is 0. The maximum atomic E-state index is 14.4. The zero-order valence-corrected chi connectivity index (χ0v) is 25.5. The number of hydrogen-bond donors (Lipinski definition) is 3. The van der Waals surface area contributed by atoms with Crippen molar-refractivity contribution in [3.8, 4) is 6.07 Å². The average Bonchev–Trinajstić information content (AvgIpc) is 3.32. The number of halogens is 3. The number of nitriles is 1. The van der Waals surface area contributed by atoms with Crippen molar-refractivity contribution in [2.75, 3.05) is 13.1 Å². The first-order chi connectivity index (χ1) is 20.8. The summed E-state index contributed by atoms with van der Waals surface area (Å²) in [4.78, 5) is 54.5. The minimum Gasteiger partial charge on any atom is -0.356 e. The van der Waals surface area contributed by atoms with Crippen molar-refractivity contribution < 1.29 is 32.3 Å². The van der Waals surface area contributed by atoms with Crippen molar-refractivity contribution in [2.45, 2.75) is 102 Å². The van der Waals surface area contributed by atoms with Crippen molar-refractivity contribution in [1.82, 2.24) is 20.9 Å². The fraction of sp³-hybridized carbons (Fsp3) is 0.844. The Labute approximate surface area is 256 Å². The van der Waals surface area contributed by atoms with Gasteiger partial charge in [-0.15, -0.1) is 0 Å². The molecule has 44 heavy (non-hydrogen) atoms. The lowest BCUT2D eigenvalue weighted by Gasteiger charge is -2.53. The van der Waals surface area contributed by atoms with Crippen LogP contribution in [0.5, 0.6) is 0 Å². The quantitative estimate of drug-likeness (QED) is 0.403. The molecular weight excluding hydrogens is 575 g/mol. The summed E-state index contributed by atoms with van der Waals surface area (Å²) in [6.07, 6.45) is 2.75. The SMILES string of the molecule is CC1(C)C2CN(C(=O)C(NC(=O)C(F)(F)F)C3CC4CC5CCC3C(C5)C4)C(C(=O)NC(C#N)CC3CCCCNC3=O)C21. The summed E-state index contributed by atoms with van der Waals surface area (Å²) < 4.78 is 40.7. The second kappa shape index (κ2) is 11.5. The molecule has 0 aromatic rings. The Bertz CT molecular complexity index is 1230. The summed E-state index contributed by atoms with van der Waals surface area (Å²) in [6, 6.07) is -1.19. The number of likely N-dealkylation sites (tertiary alicyclic amines) is 1. The number of carbonyl (C=O) groups excluding carboxylic acids is 4. The van der Waals surface area contributed by atoms with Gasteiger partial charge in [0.15, 0.2) is 0 Å². The molecule has 0 aromatic carbocycles. The number of rotatable bonds is 7. The summed E-state index contributed by atoms with van der Waals surface area (Å²) in [6.45, 7) is 4.80. The smallest absolute Gasteiger partial charge is 0.356 e. The van der Waals surface area contributed by atoms with Crippen LogP contribution in [0.1, 0.15) is 78.1 Å². The van der Waals surface area contributed by atoms with E-state index in [0.717, 1.165) is 44.9 Å². The van der Waals surface area contributed by atoms with Crippen LogP contribution in [0.4, 0.5) is 13.2 Å². The summed E-state index contributed by atoms with van der Waals surface area (Å²) in [5.41, 5.74) is -0.257. The Morgan fingerprint density at radius 1 is 1.07 bits per heavy atom. The number of alkyl halides is 3. The predicted molar refractivity (Wildman–Crippen MR) is 152 cm³/mol. The van der Waals surface area contributed by atoms with Crippen LogP contribution in [0.15, 0.2) is 0 Å². The first-order valence-electron chi connectivity index (χ1n) is 16.5. The van der Waals surface area contributed by atoms with E-state index in [0.29, 0.717) is 37.1 Å². The Morgan fingerprint density at radius 3 is 2.55 bits per heavy atom. The molecule has 3 bridgehead atoms. The number of fused-ring (bicyclic) bond motifs is 3. The number of piperidine rings is 1. The van der Waals surface area contributed by atoms with Crippen molar-refractivity contribution in [1.29, 1.82) is 5.26 Å². The van der Waals surface area contributed by atoms with Gasteiger partial charge < -0.3 is 20.9 Å². The fourth-order valence-electron chi connectivity index (χ4n) is 10.0. The molecule has 6 aliphatic rings. The van der Waals surface area contributed by atoms with E-state index in [1.165, 1.54) is 4.90 Å². The summed E-state index contributed by atoms with van der Waals surface area (Å²) in [5, 5.41) is 17.6. The van der Waals surface area contributed by atoms with Crippen LogP contribution in [0, 0.1) is 64.1 Å². The zero-order valence-electron chi connectivity index (χ0n) is 25.5. The summed E-state index contributed by atoms with van der Waals surface area (Å²) in [5.74, 6) is -3.16. The number of carbonyl (C=O) groups is 4. The number of nitrogens with one attached hydrogen (secondary N) is 3. The van der Waals surface area contributed by atoms with Crippen LogP contribution in [0.3, 0.4) is 0 Å². The highest BCUT2D eigenvalue weighted by Gasteiger charge is 2.70. The van der Waals surface area contributed by atoms with Crippen LogP contribution in [-0.4, -0.2) is 65.9 Å². The average molecular weight is 620 g/mol. The maximum Gasteiger partial charge on any atom is 0.471 e. The molecule has 11 atom stereocenters. The van der Waals surface area contributed by atoms with Crippen LogP contribution >= 0.6 is 0 Å². The van der Waals surface area contributed by atoms with Crippen molar-refractivity contribution in [3.63, 3.8) is 0 Å². The van der Waals surface area contributed by atoms with E-state index in [1.54, 1.807) is 0 Å². The van der Waals surface area contributed by atoms with E-state index in [2.05, 4.69) is 22.0 Å². The standard InChI is InChI=1S/C32H44F3N5O4/c1-31(2)23-15-40(26(24(23)31)28(42)38-20(14-36)13-18-5-3-4-8-37-27(18)41)29(43)25(39-30(44)32(33,34)35)22-12-17-9-16-6-7-21(22)19(10-16)11-17/h16-26H,3-13,15H2,1-2H3,(H,37,41)(H,38,42)(H,39,44). The minimum absolute atomic E-state index is 0.0180. The molecular formula is C32H44F3N5O4. The van der Waals surface area contributed by atoms with E-state index >= 15 is 0 Å². The van der Waals surface area contributed by atoms with Gasteiger partial charge in [-0.3, -0.25) is 19.2 Å². The number of hydrogen-bond acceptors (Lipinski definition) is 5. The maximum absolute atomic E-state index is 14.4. The molecule has 12 heteroatoms. The Morgan fingerprint density at radius 2 is 1.82 bits per heavy atom. The third-order valence-electron chi connectivity index (χ3n) is 12.2. The van der Waals surface area contributed by atoms with Crippen LogP contribution in [0.25, 0.3) is 0 Å². The third-order valence-corrected chi connectivity index (χ3v) is 12.2. The normalized spacial score (nSPS) is 38.3. The predicted octanol–water partition coefficient (Wildman–Crippen LogP) is 3.29. The van der Waals surface area contributed by atoms with Gasteiger partial charge in [-0.2, -0.15) is 18.4 Å². The van der Waals surface area contributed by atoms with Gasteiger partial charge in [0.1, 0.15) is 18.1 Å². The van der Waals surface area contributed by atoms with Gasteiger partial charge in [-0.05, 0) is 98.2 Å². The van der Waals surface area contributed by atoms with Crippen molar-refractivity contribution >= 4 is 23.6 Å². The van der Waals surface area contributed by atoms with E-state index in [-0.39, 0.29) is 42.0 Å². The van der Waals surface area contributed by atoms with Crippen LogP contribution in [-0.2, 0) is 19.2 Å². The van der Waals surface area contributed by atoms with Gasteiger partial charge in [0, 0.05) is 19.0 Å². The molecule has 11 unspecified atom stereocenters. The van der Waals surface area contributed by atoms with Gasteiger partial charge in [-0.1, -0.05) is 26.7 Å². The highest BCUT2D eigenvalue weighted by atomic mass is 19.4. The highest BCUT2D eigenvalue weighted by Crippen LogP contribution is 2.65. The molecule has 0 radical (unpaired) electrons. The Kier molecular flexibility index (Phi) is 8.15. The van der Waals surface area contributed by atoms with Crippen LogP contribution < -0.4 is 16.0 Å². The molecule has 4 aliphatic carbocycles.